The van der Waals surface area contributed by atoms with Crippen LogP contribution in [0.5, 0.6) is 0 Å². The third-order valence-electron chi connectivity index (χ3n) is 5.42. The van der Waals surface area contributed by atoms with Gasteiger partial charge in [0, 0.05) is 18.1 Å². The highest BCUT2D eigenvalue weighted by molar-refractivity contribution is 6.31. The zero-order chi connectivity index (χ0) is 21.3. The van der Waals surface area contributed by atoms with Gasteiger partial charge in [-0.05, 0) is 48.7 Å². The number of piperidine rings is 1. The van der Waals surface area contributed by atoms with Gasteiger partial charge in [-0.15, -0.1) is 0 Å². The van der Waals surface area contributed by atoms with Crippen LogP contribution in [0.3, 0.4) is 0 Å². The number of nitrogens with two attached hydrogens (primary N) is 1. The molecule has 7 heteroatoms. The van der Waals surface area contributed by atoms with Crippen LogP contribution in [0, 0.1) is 0 Å². The molecule has 1 atom stereocenters. The second-order valence-corrected chi connectivity index (χ2v) is 8.08. The molecular weight excluding hydrogens is 400 g/mol. The van der Waals surface area contributed by atoms with Gasteiger partial charge in [0.05, 0.1) is 12.5 Å². The number of urea groups is 1. The Morgan fingerprint density at radius 2 is 1.67 bits per heavy atom. The maximum Gasteiger partial charge on any atom is 0.312 e. The van der Waals surface area contributed by atoms with E-state index in [0.717, 1.165) is 25.2 Å². The van der Waals surface area contributed by atoms with Gasteiger partial charge in [0.25, 0.3) is 0 Å². The van der Waals surface area contributed by atoms with E-state index < -0.39 is 12.1 Å². The molecule has 3 rings (SSSR count). The molecule has 1 heterocycles. The number of rotatable bonds is 8. The van der Waals surface area contributed by atoms with Gasteiger partial charge in [-0.2, -0.15) is 0 Å². The van der Waals surface area contributed by atoms with Crippen molar-refractivity contribution in [3.63, 3.8) is 0 Å². The minimum absolute atomic E-state index is 0.0565. The van der Waals surface area contributed by atoms with Crippen LogP contribution in [0.4, 0.5) is 4.79 Å². The fraction of sp³-hybridized carbons (Fsp3) is 0.391. The summed E-state index contributed by atoms with van der Waals surface area (Å²) in [6.45, 7) is 3.59. The van der Waals surface area contributed by atoms with Crippen LogP contribution in [0.15, 0.2) is 48.5 Å². The number of halogens is 1. The van der Waals surface area contributed by atoms with Crippen molar-refractivity contribution in [1.29, 1.82) is 0 Å². The van der Waals surface area contributed by atoms with E-state index in [4.69, 9.17) is 17.3 Å². The number of benzene rings is 2. The maximum absolute atomic E-state index is 12.6. The molecule has 1 aliphatic rings. The van der Waals surface area contributed by atoms with E-state index in [9.17, 15) is 9.59 Å². The van der Waals surface area contributed by atoms with Gasteiger partial charge in [0.15, 0.2) is 0 Å². The molecule has 0 aliphatic carbocycles. The molecule has 1 saturated heterocycles. The molecular formula is C23H29ClN4O2. The van der Waals surface area contributed by atoms with E-state index in [2.05, 4.69) is 21.6 Å². The predicted molar refractivity (Wildman–Crippen MR) is 119 cm³/mol. The number of carbonyl (C=O) groups is 2. The average Bonchev–Trinajstić information content (AvgIpc) is 2.73. The fourth-order valence-electron chi connectivity index (χ4n) is 3.86. The van der Waals surface area contributed by atoms with Crippen LogP contribution < -0.4 is 16.4 Å². The Labute approximate surface area is 182 Å². The summed E-state index contributed by atoms with van der Waals surface area (Å²) in [5.74, 6) is -0.179. The molecule has 3 amide bonds. The Hall–Kier alpha value is -2.57. The molecule has 0 saturated carbocycles. The number of nitrogens with one attached hydrogen (secondary N) is 2. The Balaban J connectivity index is 1.61. The number of amides is 3. The highest BCUT2D eigenvalue weighted by Gasteiger charge is 2.20. The van der Waals surface area contributed by atoms with E-state index >= 15 is 0 Å². The summed E-state index contributed by atoms with van der Waals surface area (Å²) in [6.07, 6.45) is 3.85. The summed E-state index contributed by atoms with van der Waals surface area (Å²) in [5, 5.41) is 6.08. The monoisotopic (exact) mass is 428 g/mol. The summed E-state index contributed by atoms with van der Waals surface area (Å²) in [5.41, 5.74) is 8.31. The molecule has 160 valence electrons. The minimum Gasteiger partial charge on any atom is -0.352 e. The van der Waals surface area contributed by atoms with Crippen molar-refractivity contribution in [2.75, 3.05) is 13.1 Å². The second-order valence-electron chi connectivity index (χ2n) is 7.67. The topological polar surface area (TPSA) is 87.5 Å². The van der Waals surface area contributed by atoms with E-state index in [-0.39, 0.29) is 12.3 Å². The van der Waals surface area contributed by atoms with Gasteiger partial charge in [0.1, 0.15) is 0 Å². The van der Waals surface area contributed by atoms with Crippen LogP contribution in [-0.4, -0.2) is 29.9 Å². The van der Waals surface area contributed by atoms with Gasteiger partial charge in [-0.3, -0.25) is 9.69 Å². The lowest BCUT2D eigenvalue weighted by Gasteiger charge is -2.27. The first-order valence-electron chi connectivity index (χ1n) is 10.4. The van der Waals surface area contributed by atoms with Crippen molar-refractivity contribution in [2.24, 2.45) is 5.73 Å². The Morgan fingerprint density at radius 1 is 1.00 bits per heavy atom. The molecule has 4 N–H and O–H groups in total. The summed E-state index contributed by atoms with van der Waals surface area (Å²) in [4.78, 5) is 26.5. The number of primary amides is 1. The lowest BCUT2D eigenvalue weighted by atomic mass is 10.0. The first kappa shape index (κ1) is 22.1. The van der Waals surface area contributed by atoms with Gasteiger partial charge in [-0.25, -0.2) is 4.79 Å². The molecule has 0 radical (unpaired) electrons. The van der Waals surface area contributed by atoms with Gasteiger partial charge in [0.2, 0.25) is 5.91 Å². The smallest absolute Gasteiger partial charge is 0.312 e. The Kier molecular flexibility index (Phi) is 8.11. The van der Waals surface area contributed by atoms with Gasteiger partial charge < -0.3 is 16.4 Å². The number of hydrogen-bond donors (Lipinski definition) is 3. The van der Waals surface area contributed by atoms with E-state index in [1.165, 1.54) is 24.8 Å². The van der Waals surface area contributed by atoms with Crippen molar-refractivity contribution in [2.45, 2.75) is 44.8 Å². The third-order valence-corrected chi connectivity index (χ3v) is 5.77. The molecule has 1 aliphatic heterocycles. The van der Waals surface area contributed by atoms with Crippen molar-refractivity contribution in [1.82, 2.24) is 15.5 Å². The number of hydrogen-bond acceptors (Lipinski definition) is 3. The highest BCUT2D eigenvalue weighted by atomic mass is 35.5. The largest absolute Gasteiger partial charge is 0.352 e. The second kappa shape index (κ2) is 11.0. The summed E-state index contributed by atoms with van der Waals surface area (Å²) in [6, 6.07) is 14.0. The van der Waals surface area contributed by atoms with Gasteiger partial charge in [-0.1, -0.05) is 60.5 Å². The van der Waals surface area contributed by atoms with Crippen molar-refractivity contribution < 1.29 is 9.59 Å². The lowest BCUT2D eigenvalue weighted by molar-refractivity contribution is -0.121. The Bertz CT molecular complexity index is 868. The molecule has 0 aromatic heterocycles. The quantitative estimate of drug-likeness (QED) is 0.598. The number of likely N-dealkylation sites (tertiary alicyclic amines) is 1. The van der Waals surface area contributed by atoms with Crippen LogP contribution in [0.25, 0.3) is 0 Å². The maximum atomic E-state index is 12.6. The summed E-state index contributed by atoms with van der Waals surface area (Å²) < 4.78 is 0. The van der Waals surface area contributed by atoms with Gasteiger partial charge >= 0.3 is 6.03 Å². The standard InChI is InChI=1S/C23H29ClN4O2/c24-20-11-5-4-10-19(20)21(27-23(25)30)14-22(29)26-15-17-8-2-3-9-18(17)16-28-12-6-1-7-13-28/h2-5,8-11,21H,1,6-7,12-16H2,(H,26,29)(H3,25,27,30)/t21-/m0/s1. The molecule has 2 aromatic rings. The lowest BCUT2D eigenvalue weighted by Crippen LogP contribution is -2.36. The van der Waals surface area contributed by atoms with Crippen LogP contribution >= 0.6 is 11.6 Å². The summed E-state index contributed by atoms with van der Waals surface area (Å²) >= 11 is 6.24. The van der Waals surface area contributed by atoms with E-state index in [0.29, 0.717) is 17.1 Å². The number of carbonyl (C=O) groups excluding carboxylic acids is 2. The fourth-order valence-corrected chi connectivity index (χ4v) is 4.13. The Morgan fingerprint density at radius 3 is 2.37 bits per heavy atom. The van der Waals surface area contributed by atoms with Crippen LogP contribution in [0.1, 0.15) is 48.4 Å². The highest BCUT2D eigenvalue weighted by Crippen LogP contribution is 2.25. The number of nitrogens with zero attached hydrogens (tertiary/aromatic N) is 1. The van der Waals surface area contributed by atoms with E-state index in [1.54, 1.807) is 18.2 Å². The molecule has 0 spiro atoms. The molecule has 1 fully saturated rings. The first-order chi connectivity index (χ1) is 14.5. The third kappa shape index (κ3) is 6.47. The SMILES string of the molecule is NC(=O)N[C@@H](CC(=O)NCc1ccccc1CN1CCCCC1)c1ccccc1Cl. The molecule has 30 heavy (non-hydrogen) atoms. The van der Waals surface area contributed by atoms with E-state index in [1.807, 2.05) is 24.3 Å². The molecule has 2 aromatic carbocycles. The average molecular weight is 429 g/mol. The van der Waals surface area contributed by atoms with Crippen molar-refractivity contribution in [3.05, 3.63) is 70.2 Å². The summed E-state index contributed by atoms with van der Waals surface area (Å²) in [7, 11) is 0. The molecule has 6 nitrogen and oxygen atoms in total. The zero-order valence-electron chi connectivity index (χ0n) is 17.1. The molecule has 0 unspecified atom stereocenters. The van der Waals surface area contributed by atoms with Crippen molar-refractivity contribution >= 4 is 23.5 Å². The van der Waals surface area contributed by atoms with Crippen molar-refractivity contribution in [3.8, 4) is 0 Å². The predicted octanol–water partition coefficient (Wildman–Crippen LogP) is 3.74. The molecule has 0 bridgehead atoms. The minimum atomic E-state index is -0.695. The first-order valence-corrected chi connectivity index (χ1v) is 10.8. The van der Waals surface area contributed by atoms with Crippen LogP contribution in [0.2, 0.25) is 5.02 Å². The zero-order valence-corrected chi connectivity index (χ0v) is 17.8. The normalized spacial score (nSPS) is 15.4. The van der Waals surface area contributed by atoms with Crippen LogP contribution in [-0.2, 0) is 17.9 Å².